The first-order chi connectivity index (χ1) is 11.6. The van der Waals surface area contributed by atoms with Crippen molar-refractivity contribution in [2.24, 2.45) is 0 Å². The summed E-state index contributed by atoms with van der Waals surface area (Å²) in [5, 5.41) is 9.89. The van der Waals surface area contributed by atoms with Gasteiger partial charge in [0.25, 0.3) is 0 Å². The lowest BCUT2D eigenvalue weighted by Gasteiger charge is -2.25. The van der Waals surface area contributed by atoms with E-state index in [2.05, 4.69) is 49.3 Å². The third-order valence-electron chi connectivity index (χ3n) is 4.34. The largest absolute Gasteiger partial charge is 0.380 e. The van der Waals surface area contributed by atoms with E-state index in [4.69, 9.17) is 11.6 Å². The van der Waals surface area contributed by atoms with E-state index >= 15 is 0 Å². The zero-order valence-corrected chi connectivity index (χ0v) is 15.6. The maximum Gasteiger partial charge on any atom is 0.150 e. The Hall–Kier alpha value is -1.66. The van der Waals surface area contributed by atoms with Crippen LogP contribution in [-0.4, -0.2) is 25.8 Å². The van der Waals surface area contributed by atoms with Crippen molar-refractivity contribution in [1.82, 2.24) is 19.7 Å². The second-order valence-corrected chi connectivity index (χ2v) is 7.33. The molecule has 7 heteroatoms. The second kappa shape index (κ2) is 6.33. The number of anilines is 1. The van der Waals surface area contributed by atoms with Crippen LogP contribution in [0.4, 0.5) is 5.69 Å². The molecule has 1 N–H and O–H groups in total. The van der Waals surface area contributed by atoms with E-state index in [1.165, 1.54) is 0 Å². The molecule has 0 radical (unpaired) electrons. The van der Waals surface area contributed by atoms with Crippen LogP contribution in [0.25, 0.3) is 10.9 Å². The fraction of sp³-hybridized carbons (Fsp3) is 0.353. The number of halogens is 2. The molecule has 0 saturated carbocycles. The molecular weight excluding hydrogens is 390 g/mol. The van der Waals surface area contributed by atoms with Gasteiger partial charge in [-0.2, -0.15) is 5.10 Å². The van der Waals surface area contributed by atoms with Crippen molar-refractivity contribution in [2.75, 3.05) is 5.32 Å². The highest BCUT2D eigenvalue weighted by molar-refractivity contribution is 9.10. The smallest absolute Gasteiger partial charge is 0.150 e. The number of aromatic nitrogens is 4. The van der Waals surface area contributed by atoms with Gasteiger partial charge in [-0.15, -0.1) is 0 Å². The van der Waals surface area contributed by atoms with Crippen LogP contribution >= 0.6 is 27.5 Å². The Balaban J connectivity index is 1.63. The van der Waals surface area contributed by atoms with Gasteiger partial charge in [-0.25, -0.2) is 9.67 Å². The Morgan fingerprint density at radius 3 is 3.12 bits per heavy atom. The maximum atomic E-state index is 6.32. The summed E-state index contributed by atoms with van der Waals surface area (Å²) < 4.78 is 2.98. The molecule has 1 aliphatic heterocycles. The fourth-order valence-electron chi connectivity index (χ4n) is 3.15. The van der Waals surface area contributed by atoms with Crippen LogP contribution in [0.2, 0.25) is 5.02 Å². The molecule has 0 aliphatic carbocycles. The molecule has 5 nitrogen and oxygen atoms in total. The van der Waals surface area contributed by atoms with Crippen LogP contribution < -0.4 is 5.32 Å². The second-order valence-electron chi connectivity index (χ2n) is 6.00. The molecule has 0 spiro atoms. The van der Waals surface area contributed by atoms with Gasteiger partial charge in [0.15, 0.2) is 5.82 Å². The summed E-state index contributed by atoms with van der Waals surface area (Å²) in [5.74, 6) is 2.02. The monoisotopic (exact) mass is 405 g/mol. The normalized spacial score (nSPS) is 17.0. The summed E-state index contributed by atoms with van der Waals surface area (Å²) >= 11 is 9.83. The molecule has 2 aromatic heterocycles. The Kier molecular flexibility index (Phi) is 4.18. The van der Waals surface area contributed by atoms with Crippen LogP contribution in [0.15, 0.2) is 28.9 Å². The van der Waals surface area contributed by atoms with Crippen LogP contribution in [-0.2, 0) is 19.4 Å². The van der Waals surface area contributed by atoms with Gasteiger partial charge in [0.1, 0.15) is 5.82 Å². The van der Waals surface area contributed by atoms with E-state index in [1.807, 2.05) is 16.8 Å². The molecule has 0 bridgehead atoms. The summed E-state index contributed by atoms with van der Waals surface area (Å²) in [6.07, 6.45) is 4.65. The Bertz CT molecular complexity index is 907. The fourth-order valence-corrected chi connectivity index (χ4v) is 4.01. The van der Waals surface area contributed by atoms with Crippen molar-refractivity contribution in [2.45, 2.75) is 38.8 Å². The van der Waals surface area contributed by atoms with Crippen molar-refractivity contribution in [3.8, 4) is 0 Å². The molecule has 1 atom stereocenters. The van der Waals surface area contributed by atoms with E-state index < -0.39 is 0 Å². The summed E-state index contributed by atoms with van der Waals surface area (Å²) in [7, 11) is 0. The molecule has 0 amide bonds. The van der Waals surface area contributed by atoms with Gasteiger partial charge in [0.05, 0.1) is 17.1 Å². The summed E-state index contributed by atoms with van der Waals surface area (Å²) in [6.45, 7) is 2.91. The van der Waals surface area contributed by atoms with Crippen LogP contribution in [0.3, 0.4) is 0 Å². The predicted molar refractivity (Wildman–Crippen MR) is 99.6 cm³/mol. The van der Waals surface area contributed by atoms with Gasteiger partial charge in [-0.05, 0) is 24.6 Å². The Labute approximate surface area is 153 Å². The minimum Gasteiger partial charge on any atom is -0.380 e. The van der Waals surface area contributed by atoms with Gasteiger partial charge < -0.3 is 5.32 Å². The number of nitrogens with zero attached hydrogens (tertiary/aromatic N) is 4. The quantitative estimate of drug-likeness (QED) is 0.707. The van der Waals surface area contributed by atoms with E-state index in [1.54, 1.807) is 6.20 Å². The highest BCUT2D eigenvalue weighted by Crippen LogP contribution is 2.32. The number of pyridine rings is 1. The molecule has 1 unspecified atom stereocenters. The number of nitrogens with one attached hydrogen (secondary N) is 1. The van der Waals surface area contributed by atoms with Gasteiger partial charge in [-0.3, -0.25) is 4.98 Å². The standard InChI is InChI=1S/C17H17BrClN5/c1-2-15-22-16-4-3-11(9-24(16)23-15)21-14-5-6-20-17-12(14)7-10(18)8-13(17)19/h5-8,11H,2-4,9H2,1H3,(H,20,21). The number of aryl methyl sites for hydroxylation is 2. The summed E-state index contributed by atoms with van der Waals surface area (Å²) in [6, 6.07) is 6.23. The lowest BCUT2D eigenvalue weighted by molar-refractivity contribution is 0.440. The molecule has 0 fully saturated rings. The first kappa shape index (κ1) is 15.8. The Morgan fingerprint density at radius 1 is 1.42 bits per heavy atom. The van der Waals surface area contributed by atoms with Crippen molar-refractivity contribution in [1.29, 1.82) is 0 Å². The lowest BCUT2D eigenvalue weighted by atomic mass is 10.1. The molecule has 0 saturated heterocycles. The van der Waals surface area contributed by atoms with Crippen LogP contribution in [0, 0.1) is 0 Å². The Morgan fingerprint density at radius 2 is 2.29 bits per heavy atom. The highest BCUT2D eigenvalue weighted by Gasteiger charge is 2.22. The van der Waals surface area contributed by atoms with E-state index in [9.17, 15) is 0 Å². The number of benzene rings is 1. The van der Waals surface area contributed by atoms with Crippen molar-refractivity contribution >= 4 is 44.1 Å². The van der Waals surface area contributed by atoms with E-state index in [0.717, 1.165) is 58.5 Å². The van der Waals surface area contributed by atoms with Crippen LogP contribution in [0.5, 0.6) is 0 Å². The number of rotatable bonds is 3. The first-order valence-corrected chi connectivity index (χ1v) is 9.24. The molecule has 124 valence electrons. The minimum absolute atomic E-state index is 0.312. The zero-order chi connectivity index (χ0) is 16.7. The molecule has 1 aromatic carbocycles. The molecule has 1 aliphatic rings. The lowest BCUT2D eigenvalue weighted by Crippen LogP contribution is -2.32. The molecule has 4 rings (SSSR count). The van der Waals surface area contributed by atoms with E-state index in [0.29, 0.717) is 11.1 Å². The molecule has 24 heavy (non-hydrogen) atoms. The topological polar surface area (TPSA) is 55.6 Å². The van der Waals surface area contributed by atoms with Crippen molar-refractivity contribution in [3.63, 3.8) is 0 Å². The van der Waals surface area contributed by atoms with Crippen molar-refractivity contribution < 1.29 is 0 Å². The minimum atomic E-state index is 0.312. The van der Waals surface area contributed by atoms with Gasteiger partial charge in [-0.1, -0.05) is 34.5 Å². The first-order valence-electron chi connectivity index (χ1n) is 8.07. The molecule has 3 heterocycles. The van der Waals surface area contributed by atoms with Crippen LogP contribution in [0.1, 0.15) is 25.0 Å². The highest BCUT2D eigenvalue weighted by atomic mass is 79.9. The predicted octanol–water partition coefficient (Wildman–Crippen LogP) is 4.23. The van der Waals surface area contributed by atoms with Gasteiger partial charge in [0.2, 0.25) is 0 Å². The van der Waals surface area contributed by atoms with Crippen molar-refractivity contribution in [3.05, 3.63) is 45.5 Å². The summed E-state index contributed by atoms with van der Waals surface area (Å²) in [5.41, 5.74) is 1.86. The SMILES string of the molecule is CCc1nc2n(n1)CC(Nc1ccnc3c(Cl)cc(Br)cc13)CC2. The maximum absolute atomic E-state index is 6.32. The number of hydrogen-bond donors (Lipinski definition) is 1. The third-order valence-corrected chi connectivity index (χ3v) is 5.09. The zero-order valence-electron chi connectivity index (χ0n) is 13.3. The molecule has 3 aromatic rings. The average Bonchev–Trinajstić information content (AvgIpc) is 2.98. The average molecular weight is 407 g/mol. The van der Waals surface area contributed by atoms with Gasteiger partial charge in [0, 0.05) is 40.6 Å². The number of hydrogen-bond acceptors (Lipinski definition) is 4. The number of fused-ring (bicyclic) bond motifs is 2. The molecular formula is C17H17BrClN5. The van der Waals surface area contributed by atoms with Gasteiger partial charge >= 0.3 is 0 Å². The van der Waals surface area contributed by atoms with E-state index in [-0.39, 0.29) is 0 Å². The third kappa shape index (κ3) is 2.89. The summed E-state index contributed by atoms with van der Waals surface area (Å²) in [4.78, 5) is 8.98.